The molecule has 2 aromatic heterocycles. The average Bonchev–Trinajstić information content (AvgIpc) is 2.94. The summed E-state index contributed by atoms with van der Waals surface area (Å²) in [4.78, 5) is 28.8. The van der Waals surface area contributed by atoms with Crippen LogP contribution in [0.2, 0.25) is 0 Å². The van der Waals surface area contributed by atoms with Crippen LogP contribution in [0, 0.1) is 11.8 Å². The molecule has 0 spiro atoms. The molecule has 2 heterocycles. The van der Waals surface area contributed by atoms with Crippen molar-refractivity contribution >= 4 is 27.5 Å². The molecule has 2 aromatic rings. The number of hydrogen-bond donors (Lipinski definition) is 1. The Bertz CT molecular complexity index is 691. The Hall–Kier alpha value is -1.69. The molecule has 1 fully saturated rings. The van der Waals surface area contributed by atoms with Gasteiger partial charge in [0, 0.05) is 19.5 Å². The summed E-state index contributed by atoms with van der Waals surface area (Å²) in [6, 6.07) is 1.78. The molecule has 6 heteroatoms. The largest absolute Gasteiger partial charge is 0.356 e. The van der Waals surface area contributed by atoms with Gasteiger partial charge in [0.05, 0.1) is 11.7 Å². The van der Waals surface area contributed by atoms with E-state index in [1.165, 1.54) is 28.7 Å². The van der Waals surface area contributed by atoms with Crippen LogP contribution >= 0.6 is 11.3 Å². The van der Waals surface area contributed by atoms with E-state index in [4.69, 9.17) is 0 Å². The highest BCUT2D eigenvalue weighted by Crippen LogP contribution is 2.36. The SMILES string of the molecule is C[C@@H]1C[C@H]1CNC(=O)CCn1cnc2sccc2c1=O. The van der Waals surface area contributed by atoms with Gasteiger partial charge in [-0.3, -0.25) is 14.2 Å². The Balaban J connectivity index is 1.57. The van der Waals surface area contributed by atoms with Crippen molar-refractivity contribution in [1.82, 2.24) is 14.9 Å². The van der Waals surface area contributed by atoms with Crippen LogP contribution in [-0.4, -0.2) is 22.0 Å². The fourth-order valence-electron chi connectivity index (χ4n) is 2.29. The minimum Gasteiger partial charge on any atom is -0.356 e. The van der Waals surface area contributed by atoms with Gasteiger partial charge >= 0.3 is 0 Å². The van der Waals surface area contributed by atoms with E-state index in [0.717, 1.165) is 17.3 Å². The van der Waals surface area contributed by atoms with Crippen LogP contribution in [-0.2, 0) is 11.3 Å². The Labute approximate surface area is 120 Å². The molecule has 1 N–H and O–H groups in total. The van der Waals surface area contributed by atoms with Crippen molar-refractivity contribution in [3.8, 4) is 0 Å². The van der Waals surface area contributed by atoms with Crippen LogP contribution in [0.5, 0.6) is 0 Å². The fraction of sp³-hybridized carbons (Fsp3) is 0.500. The zero-order chi connectivity index (χ0) is 14.1. The van der Waals surface area contributed by atoms with Crippen LogP contribution in [0.1, 0.15) is 19.8 Å². The minimum atomic E-state index is -0.0696. The van der Waals surface area contributed by atoms with Crippen molar-refractivity contribution in [2.24, 2.45) is 11.8 Å². The number of nitrogens with zero attached hydrogens (tertiary/aromatic N) is 2. The highest BCUT2D eigenvalue weighted by atomic mass is 32.1. The molecule has 1 amide bonds. The number of fused-ring (bicyclic) bond motifs is 1. The van der Waals surface area contributed by atoms with Crippen molar-refractivity contribution in [3.63, 3.8) is 0 Å². The first-order valence-corrected chi connectivity index (χ1v) is 7.72. The predicted molar refractivity (Wildman–Crippen MR) is 78.8 cm³/mol. The summed E-state index contributed by atoms with van der Waals surface area (Å²) in [6.45, 7) is 3.33. The summed E-state index contributed by atoms with van der Waals surface area (Å²) in [5.74, 6) is 1.38. The molecule has 1 saturated carbocycles. The maximum atomic E-state index is 12.1. The second-order valence-corrected chi connectivity index (χ2v) is 6.30. The van der Waals surface area contributed by atoms with Crippen LogP contribution < -0.4 is 10.9 Å². The van der Waals surface area contributed by atoms with Crippen molar-refractivity contribution in [1.29, 1.82) is 0 Å². The monoisotopic (exact) mass is 291 g/mol. The minimum absolute atomic E-state index is 0.00131. The molecule has 0 unspecified atom stereocenters. The lowest BCUT2D eigenvalue weighted by atomic mass is 10.3. The van der Waals surface area contributed by atoms with Crippen LogP contribution in [0.25, 0.3) is 10.2 Å². The van der Waals surface area contributed by atoms with Gasteiger partial charge in [-0.25, -0.2) is 4.98 Å². The second-order valence-electron chi connectivity index (χ2n) is 5.41. The fourth-order valence-corrected chi connectivity index (χ4v) is 3.01. The Morgan fingerprint density at radius 1 is 1.60 bits per heavy atom. The lowest BCUT2D eigenvalue weighted by Crippen LogP contribution is -2.29. The maximum Gasteiger partial charge on any atom is 0.262 e. The quantitative estimate of drug-likeness (QED) is 0.910. The standard InChI is InChI=1S/C14H17N3O2S/c1-9-6-10(9)7-15-12(18)2-4-17-8-16-13-11(14(17)19)3-5-20-13/h3,5,8-10H,2,4,6-7H2,1H3,(H,15,18)/t9-,10+/m1/s1. The molecule has 0 radical (unpaired) electrons. The third-order valence-electron chi connectivity index (χ3n) is 3.87. The molecular formula is C14H17N3O2S. The first kappa shape index (κ1) is 13.3. The van der Waals surface area contributed by atoms with E-state index >= 15 is 0 Å². The second kappa shape index (κ2) is 5.36. The first-order chi connectivity index (χ1) is 9.65. The van der Waals surface area contributed by atoms with E-state index in [-0.39, 0.29) is 11.5 Å². The zero-order valence-corrected chi connectivity index (χ0v) is 12.2. The van der Waals surface area contributed by atoms with Gasteiger partial charge in [0.1, 0.15) is 4.83 Å². The summed E-state index contributed by atoms with van der Waals surface area (Å²) in [5, 5.41) is 5.41. The lowest BCUT2D eigenvalue weighted by Gasteiger charge is -2.06. The molecule has 0 bridgehead atoms. The highest BCUT2D eigenvalue weighted by molar-refractivity contribution is 7.16. The van der Waals surface area contributed by atoms with E-state index in [9.17, 15) is 9.59 Å². The van der Waals surface area contributed by atoms with E-state index in [1.807, 2.05) is 5.38 Å². The van der Waals surface area contributed by atoms with Gasteiger partial charge in [0.2, 0.25) is 5.91 Å². The number of carbonyl (C=O) groups is 1. The highest BCUT2D eigenvalue weighted by Gasteiger charge is 2.32. The molecule has 3 rings (SSSR count). The molecule has 20 heavy (non-hydrogen) atoms. The number of carbonyl (C=O) groups excluding carboxylic acids is 1. The zero-order valence-electron chi connectivity index (χ0n) is 11.3. The van der Waals surface area contributed by atoms with Gasteiger partial charge in [-0.15, -0.1) is 11.3 Å². The third kappa shape index (κ3) is 2.75. The lowest BCUT2D eigenvalue weighted by molar-refractivity contribution is -0.121. The number of nitrogens with one attached hydrogen (secondary N) is 1. The number of thiophene rings is 1. The number of amides is 1. The van der Waals surface area contributed by atoms with Crippen LogP contribution in [0.4, 0.5) is 0 Å². The van der Waals surface area contributed by atoms with Crippen molar-refractivity contribution in [2.75, 3.05) is 6.54 Å². The Kier molecular flexibility index (Phi) is 3.56. The van der Waals surface area contributed by atoms with Crippen LogP contribution in [0.15, 0.2) is 22.6 Å². The number of aromatic nitrogens is 2. The van der Waals surface area contributed by atoms with Crippen molar-refractivity contribution in [2.45, 2.75) is 26.3 Å². The van der Waals surface area contributed by atoms with Gasteiger partial charge in [-0.2, -0.15) is 0 Å². The third-order valence-corrected chi connectivity index (χ3v) is 4.69. The summed E-state index contributed by atoms with van der Waals surface area (Å²) in [6.07, 6.45) is 3.05. The van der Waals surface area contributed by atoms with E-state index < -0.39 is 0 Å². The van der Waals surface area contributed by atoms with E-state index in [1.54, 1.807) is 6.07 Å². The summed E-state index contributed by atoms with van der Waals surface area (Å²) in [7, 11) is 0. The van der Waals surface area contributed by atoms with Crippen LogP contribution in [0.3, 0.4) is 0 Å². The molecule has 1 aliphatic rings. The Morgan fingerprint density at radius 3 is 3.15 bits per heavy atom. The van der Waals surface area contributed by atoms with Gasteiger partial charge in [-0.1, -0.05) is 6.92 Å². The molecule has 0 aliphatic heterocycles. The molecule has 106 valence electrons. The summed E-state index contributed by atoms with van der Waals surface area (Å²) in [5.41, 5.74) is -0.0696. The number of rotatable bonds is 5. The van der Waals surface area contributed by atoms with E-state index in [0.29, 0.717) is 24.3 Å². The molecule has 5 nitrogen and oxygen atoms in total. The van der Waals surface area contributed by atoms with Crippen molar-refractivity contribution < 1.29 is 4.79 Å². The summed E-state index contributed by atoms with van der Waals surface area (Å²) >= 11 is 1.45. The van der Waals surface area contributed by atoms with Gasteiger partial charge in [-0.05, 0) is 29.7 Å². The van der Waals surface area contributed by atoms with Gasteiger partial charge < -0.3 is 5.32 Å². The number of hydrogen-bond acceptors (Lipinski definition) is 4. The van der Waals surface area contributed by atoms with Crippen molar-refractivity contribution in [3.05, 3.63) is 28.1 Å². The normalized spacial score (nSPS) is 21.1. The molecule has 2 atom stereocenters. The smallest absolute Gasteiger partial charge is 0.262 e. The Morgan fingerprint density at radius 2 is 2.40 bits per heavy atom. The van der Waals surface area contributed by atoms with Gasteiger partial charge in [0.25, 0.3) is 5.56 Å². The summed E-state index contributed by atoms with van der Waals surface area (Å²) < 4.78 is 1.51. The average molecular weight is 291 g/mol. The first-order valence-electron chi connectivity index (χ1n) is 6.84. The maximum absolute atomic E-state index is 12.1. The predicted octanol–water partition coefficient (Wildman–Crippen LogP) is 1.62. The van der Waals surface area contributed by atoms with E-state index in [2.05, 4.69) is 17.2 Å². The topological polar surface area (TPSA) is 64.0 Å². The molecular weight excluding hydrogens is 274 g/mol. The number of aryl methyl sites for hydroxylation is 1. The molecule has 0 aromatic carbocycles. The van der Waals surface area contributed by atoms with Gasteiger partial charge in [0.15, 0.2) is 0 Å². The molecule has 1 aliphatic carbocycles. The molecule has 0 saturated heterocycles.